The number of carbonyl (C=O) groups is 1. The molecule has 4 fully saturated rings. The molecule has 0 saturated heterocycles. The second kappa shape index (κ2) is 4.34. The summed E-state index contributed by atoms with van der Waals surface area (Å²) in [6.45, 7) is 1.69. The van der Waals surface area contributed by atoms with Crippen LogP contribution >= 0.6 is 0 Å². The summed E-state index contributed by atoms with van der Waals surface area (Å²) < 4.78 is 5.59. The molecule has 5 rings (SSSR count). The Morgan fingerprint density at radius 1 is 1.20 bits per heavy atom. The predicted molar refractivity (Wildman–Crippen MR) is 72.4 cm³/mol. The highest BCUT2D eigenvalue weighted by Crippen LogP contribution is 2.57. The molecular formula is C16H21NO3. The van der Waals surface area contributed by atoms with Crippen LogP contribution in [0.15, 0.2) is 4.42 Å². The molecular weight excluding hydrogens is 254 g/mol. The summed E-state index contributed by atoms with van der Waals surface area (Å²) in [5, 5.41) is 9.06. The quantitative estimate of drug-likeness (QED) is 0.919. The Hall–Kier alpha value is -1.32. The average molecular weight is 275 g/mol. The van der Waals surface area contributed by atoms with Crippen LogP contribution in [0.3, 0.4) is 0 Å². The summed E-state index contributed by atoms with van der Waals surface area (Å²) >= 11 is 0. The smallest absolute Gasteiger partial charge is 0.358 e. The van der Waals surface area contributed by atoms with Gasteiger partial charge in [0, 0.05) is 6.42 Å². The maximum atomic E-state index is 11.0. The Bertz CT molecular complexity index is 520. The number of carboxylic acids is 1. The van der Waals surface area contributed by atoms with E-state index in [2.05, 4.69) is 4.98 Å². The second-order valence-corrected chi connectivity index (χ2v) is 7.12. The van der Waals surface area contributed by atoms with Gasteiger partial charge in [-0.3, -0.25) is 0 Å². The fourth-order valence-electron chi connectivity index (χ4n) is 5.31. The summed E-state index contributed by atoms with van der Waals surface area (Å²) in [6, 6.07) is 0. The van der Waals surface area contributed by atoms with Crippen LogP contribution in [0.25, 0.3) is 0 Å². The minimum Gasteiger partial charge on any atom is -0.476 e. The highest BCUT2D eigenvalue weighted by Gasteiger charge is 2.48. The molecule has 1 heterocycles. The first-order valence-electron chi connectivity index (χ1n) is 7.79. The summed E-state index contributed by atoms with van der Waals surface area (Å²) in [6.07, 6.45) is 7.81. The normalized spacial score (nSPS) is 38.4. The maximum Gasteiger partial charge on any atom is 0.358 e. The lowest BCUT2D eigenvalue weighted by Crippen LogP contribution is -2.45. The Morgan fingerprint density at radius 2 is 1.80 bits per heavy atom. The molecule has 108 valence electrons. The van der Waals surface area contributed by atoms with Gasteiger partial charge in [0.05, 0.1) is 0 Å². The third-order valence-corrected chi connectivity index (χ3v) is 5.88. The maximum absolute atomic E-state index is 11.0. The van der Waals surface area contributed by atoms with Crippen molar-refractivity contribution in [1.82, 2.24) is 4.98 Å². The van der Waals surface area contributed by atoms with Crippen LogP contribution < -0.4 is 0 Å². The number of aryl methyl sites for hydroxylation is 1. The van der Waals surface area contributed by atoms with Crippen LogP contribution in [0.4, 0.5) is 0 Å². The molecule has 0 unspecified atom stereocenters. The molecule has 4 saturated carbocycles. The van der Waals surface area contributed by atoms with Gasteiger partial charge in [-0.15, -0.1) is 0 Å². The van der Waals surface area contributed by atoms with Gasteiger partial charge in [-0.05, 0) is 68.6 Å². The van der Waals surface area contributed by atoms with E-state index in [0.29, 0.717) is 17.6 Å². The summed E-state index contributed by atoms with van der Waals surface area (Å²) in [7, 11) is 0. The van der Waals surface area contributed by atoms with Crippen molar-refractivity contribution in [1.29, 1.82) is 0 Å². The predicted octanol–water partition coefficient (Wildman–Crippen LogP) is 3.30. The van der Waals surface area contributed by atoms with Crippen molar-refractivity contribution < 1.29 is 14.3 Å². The summed E-state index contributed by atoms with van der Waals surface area (Å²) in [5.74, 6) is 4.35. The first-order valence-corrected chi connectivity index (χ1v) is 7.79. The molecule has 0 atom stereocenters. The number of oxazole rings is 1. The van der Waals surface area contributed by atoms with Crippen molar-refractivity contribution in [3.8, 4) is 0 Å². The van der Waals surface area contributed by atoms with Crippen molar-refractivity contribution in [2.45, 2.75) is 45.4 Å². The minimum absolute atomic E-state index is 0.0869. The van der Waals surface area contributed by atoms with Gasteiger partial charge in [-0.25, -0.2) is 9.78 Å². The van der Waals surface area contributed by atoms with Crippen molar-refractivity contribution in [2.24, 2.45) is 29.6 Å². The van der Waals surface area contributed by atoms with Crippen LogP contribution in [0.5, 0.6) is 0 Å². The number of hydrogen-bond donors (Lipinski definition) is 1. The summed E-state index contributed by atoms with van der Waals surface area (Å²) in [5.41, 5.74) is 0.0869. The number of nitrogens with zero attached hydrogens (tertiary/aromatic N) is 1. The highest BCUT2D eigenvalue weighted by molar-refractivity contribution is 5.86. The Kier molecular flexibility index (Phi) is 2.69. The molecule has 0 spiro atoms. The van der Waals surface area contributed by atoms with Gasteiger partial charge in [0.15, 0.2) is 11.6 Å². The minimum atomic E-state index is -0.984. The molecule has 1 aromatic heterocycles. The number of aromatic nitrogens is 1. The molecule has 4 heteroatoms. The number of aromatic carboxylic acids is 1. The highest BCUT2D eigenvalue weighted by atomic mass is 16.4. The molecule has 4 bridgehead atoms. The standard InChI is InChI=1S/C16H21NO3/c1-8-15(16(18)19)17-14(20-8)7-13-11-3-9-2-10(5-11)6-12(13)4-9/h9-13H,2-7H2,1H3,(H,18,19). The fourth-order valence-corrected chi connectivity index (χ4v) is 5.31. The number of hydrogen-bond acceptors (Lipinski definition) is 3. The van der Waals surface area contributed by atoms with Crippen molar-refractivity contribution in [2.75, 3.05) is 0 Å². The van der Waals surface area contributed by atoms with Crippen molar-refractivity contribution in [3.05, 3.63) is 17.3 Å². The van der Waals surface area contributed by atoms with E-state index in [-0.39, 0.29) is 5.69 Å². The van der Waals surface area contributed by atoms with Crippen LogP contribution in [0, 0.1) is 36.5 Å². The first kappa shape index (κ1) is 12.4. The van der Waals surface area contributed by atoms with Gasteiger partial charge < -0.3 is 9.52 Å². The van der Waals surface area contributed by atoms with Gasteiger partial charge in [-0.2, -0.15) is 0 Å². The van der Waals surface area contributed by atoms with E-state index in [1.165, 1.54) is 32.1 Å². The van der Waals surface area contributed by atoms with E-state index in [1.54, 1.807) is 6.92 Å². The van der Waals surface area contributed by atoms with Gasteiger partial charge in [0.1, 0.15) is 5.76 Å². The molecule has 4 aliphatic rings. The molecule has 4 nitrogen and oxygen atoms in total. The van der Waals surface area contributed by atoms with Crippen LogP contribution in [-0.2, 0) is 6.42 Å². The Morgan fingerprint density at radius 3 is 2.30 bits per heavy atom. The molecule has 4 aliphatic carbocycles. The third-order valence-electron chi connectivity index (χ3n) is 5.88. The lowest BCUT2D eigenvalue weighted by atomic mass is 9.51. The second-order valence-electron chi connectivity index (χ2n) is 7.12. The number of rotatable bonds is 3. The third kappa shape index (κ3) is 1.88. The van der Waals surface area contributed by atoms with E-state index in [0.717, 1.165) is 30.1 Å². The molecule has 0 aromatic carbocycles. The zero-order valence-electron chi connectivity index (χ0n) is 11.8. The molecule has 0 radical (unpaired) electrons. The molecule has 20 heavy (non-hydrogen) atoms. The van der Waals surface area contributed by atoms with Gasteiger partial charge in [0.25, 0.3) is 0 Å². The Labute approximate surface area is 118 Å². The van der Waals surface area contributed by atoms with Gasteiger partial charge in [0.2, 0.25) is 0 Å². The molecule has 1 N–H and O–H groups in total. The average Bonchev–Trinajstić information content (AvgIpc) is 2.74. The SMILES string of the molecule is Cc1oc(CC2C3CC4CC(C3)CC2C4)nc1C(=O)O. The van der Waals surface area contributed by atoms with E-state index in [1.807, 2.05) is 0 Å². The monoisotopic (exact) mass is 275 g/mol. The zero-order chi connectivity index (χ0) is 13.9. The van der Waals surface area contributed by atoms with Gasteiger partial charge in [-0.1, -0.05) is 0 Å². The van der Waals surface area contributed by atoms with E-state index in [4.69, 9.17) is 9.52 Å². The molecule has 1 aromatic rings. The molecule has 0 amide bonds. The summed E-state index contributed by atoms with van der Waals surface area (Å²) in [4.78, 5) is 15.2. The lowest BCUT2D eigenvalue weighted by Gasteiger charge is -2.54. The van der Waals surface area contributed by atoms with Crippen LogP contribution in [-0.4, -0.2) is 16.1 Å². The van der Waals surface area contributed by atoms with Crippen LogP contribution in [0.1, 0.15) is 54.2 Å². The Balaban J connectivity index is 1.54. The topological polar surface area (TPSA) is 63.3 Å². The number of carboxylic acid groups (broad SMARTS) is 1. The first-order chi connectivity index (χ1) is 9.60. The van der Waals surface area contributed by atoms with Gasteiger partial charge >= 0.3 is 5.97 Å². The largest absolute Gasteiger partial charge is 0.476 e. The van der Waals surface area contributed by atoms with Crippen molar-refractivity contribution >= 4 is 5.97 Å². The fraction of sp³-hybridized carbons (Fsp3) is 0.750. The van der Waals surface area contributed by atoms with E-state index >= 15 is 0 Å². The van der Waals surface area contributed by atoms with Crippen molar-refractivity contribution in [3.63, 3.8) is 0 Å². The van der Waals surface area contributed by atoms with E-state index < -0.39 is 5.97 Å². The zero-order valence-corrected chi connectivity index (χ0v) is 11.8. The lowest BCUT2D eigenvalue weighted by molar-refractivity contribution is -0.0382. The van der Waals surface area contributed by atoms with E-state index in [9.17, 15) is 4.79 Å². The molecule has 0 aliphatic heterocycles. The van der Waals surface area contributed by atoms with Crippen LogP contribution in [0.2, 0.25) is 0 Å².